The summed E-state index contributed by atoms with van der Waals surface area (Å²) >= 11 is 0. The van der Waals surface area contributed by atoms with Crippen LogP contribution >= 0.6 is 0 Å². The Kier molecular flexibility index (Phi) is 5.45. The Hall–Kier alpha value is -1.75. The summed E-state index contributed by atoms with van der Waals surface area (Å²) in [4.78, 5) is 13.0. The number of nitrogens with one attached hydrogen (secondary N) is 1. The summed E-state index contributed by atoms with van der Waals surface area (Å²) in [5.74, 6) is -0.939. The highest BCUT2D eigenvalue weighted by Gasteiger charge is 2.06. The van der Waals surface area contributed by atoms with E-state index in [1.165, 1.54) is 6.07 Å². The number of carbonyl (C=O) groups is 1. The first-order valence-electron chi connectivity index (χ1n) is 6.02. The molecule has 1 rings (SSSR count). The number of hydrogen-bond donors (Lipinski definition) is 3. The average Bonchev–Trinajstić information content (AvgIpc) is 2.30. The smallest absolute Gasteiger partial charge is 0.335 e. The maximum atomic E-state index is 10.8. The third-order valence-corrected chi connectivity index (χ3v) is 2.65. The summed E-state index contributed by atoms with van der Waals surface area (Å²) in [6, 6.07) is 4.70. The van der Waals surface area contributed by atoms with Crippen molar-refractivity contribution < 1.29 is 9.90 Å². The van der Waals surface area contributed by atoms with Gasteiger partial charge in [0.05, 0.1) is 16.9 Å². The number of unbranched alkanes of at least 4 members (excludes halogenated alkanes) is 1. The lowest BCUT2D eigenvalue weighted by Crippen LogP contribution is -2.14. The van der Waals surface area contributed by atoms with Gasteiger partial charge in [-0.25, -0.2) is 4.79 Å². The van der Waals surface area contributed by atoms with Crippen LogP contribution in [0.25, 0.3) is 0 Å². The second kappa shape index (κ2) is 6.86. The minimum atomic E-state index is -0.939. The van der Waals surface area contributed by atoms with Gasteiger partial charge < -0.3 is 21.1 Å². The SMILES string of the molecule is CN(C)CCCCNc1cc(C(=O)O)ccc1N. The van der Waals surface area contributed by atoms with Gasteiger partial charge in [-0.15, -0.1) is 0 Å². The van der Waals surface area contributed by atoms with Crippen LogP contribution in [0.4, 0.5) is 11.4 Å². The summed E-state index contributed by atoms with van der Waals surface area (Å²) in [7, 11) is 4.09. The molecule has 0 aliphatic rings. The van der Waals surface area contributed by atoms with Crippen LogP contribution < -0.4 is 11.1 Å². The molecule has 5 heteroatoms. The van der Waals surface area contributed by atoms with E-state index in [0.29, 0.717) is 11.4 Å². The zero-order valence-electron chi connectivity index (χ0n) is 10.9. The van der Waals surface area contributed by atoms with Gasteiger partial charge >= 0.3 is 5.97 Å². The molecule has 18 heavy (non-hydrogen) atoms. The lowest BCUT2D eigenvalue weighted by Gasteiger charge is -2.12. The predicted octanol–water partition coefficient (Wildman–Crippen LogP) is 1.72. The van der Waals surface area contributed by atoms with Crippen molar-refractivity contribution in [1.29, 1.82) is 0 Å². The van der Waals surface area contributed by atoms with Crippen molar-refractivity contribution in [3.05, 3.63) is 23.8 Å². The Balaban J connectivity index is 2.46. The number of nitrogens with two attached hydrogens (primary N) is 1. The Labute approximate surface area is 108 Å². The minimum Gasteiger partial charge on any atom is -0.478 e. The Bertz CT molecular complexity index is 405. The number of nitrogens with zero attached hydrogens (tertiary/aromatic N) is 1. The lowest BCUT2D eigenvalue weighted by molar-refractivity contribution is 0.0697. The third-order valence-electron chi connectivity index (χ3n) is 2.65. The van der Waals surface area contributed by atoms with Crippen molar-refractivity contribution in [2.24, 2.45) is 0 Å². The van der Waals surface area contributed by atoms with Gasteiger partial charge in [-0.3, -0.25) is 0 Å². The Morgan fingerprint density at radius 3 is 2.72 bits per heavy atom. The fourth-order valence-corrected chi connectivity index (χ4v) is 1.62. The first kappa shape index (κ1) is 14.3. The molecule has 0 heterocycles. The quantitative estimate of drug-likeness (QED) is 0.508. The summed E-state index contributed by atoms with van der Waals surface area (Å²) in [5, 5.41) is 12.1. The number of hydrogen-bond acceptors (Lipinski definition) is 4. The van der Waals surface area contributed by atoms with Crippen LogP contribution in [0.2, 0.25) is 0 Å². The number of anilines is 2. The normalized spacial score (nSPS) is 10.6. The van der Waals surface area contributed by atoms with Gasteiger partial charge in [-0.1, -0.05) is 0 Å². The van der Waals surface area contributed by atoms with E-state index in [0.717, 1.165) is 25.9 Å². The molecule has 0 aliphatic heterocycles. The van der Waals surface area contributed by atoms with Crippen LogP contribution in [0.15, 0.2) is 18.2 Å². The molecule has 100 valence electrons. The van der Waals surface area contributed by atoms with Crippen molar-refractivity contribution in [2.45, 2.75) is 12.8 Å². The van der Waals surface area contributed by atoms with Gasteiger partial charge in [0, 0.05) is 6.54 Å². The van der Waals surface area contributed by atoms with Crippen LogP contribution in [0.1, 0.15) is 23.2 Å². The molecule has 0 unspecified atom stereocenters. The van der Waals surface area contributed by atoms with E-state index in [9.17, 15) is 4.79 Å². The standard InChI is InChI=1S/C13H21N3O2/c1-16(2)8-4-3-7-15-12-9-10(13(17)18)5-6-11(12)14/h5-6,9,15H,3-4,7-8,14H2,1-2H3,(H,17,18). The van der Waals surface area contributed by atoms with Crippen molar-refractivity contribution in [3.8, 4) is 0 Å². The van der Waals surface area contributed by atoms with Crippen LogP contribution in [0.5, 0.6) is 0 Å². The first-order chi connectivity index (χ1) is 8.50. The van der Waals surface area contributed by atoms with Crippen LogP contribution in [0, 0.1) is 0 Å². The highest BCUT2D eigenvalue weighted by Crippen LogP contribution is 2.20. The molecule has 1 aromatic rings. The van der Waals surface area contributed by atoms with E-state index in [1.807, 2.05) is 14.1 Å². The molecule has 0 bridgehead atoms. The number of benzene rings is 1. The van der Waals surface area contributed by atoms with E-state index in [2.05, 4.69) is 10.2 Å². The highest BCUT2D eigenvalue weighted by atomic mass is 16.4. The van der Waals surface area contributed by atoms with Crippen molar-refractivity contribution >= 4 is 17.3 Å². The predicted molar refractivity (Wildman–Crippen MR) is 74.1 cm³/mol. The van der Waals surface area contributed by atoms with Crippen molar-refractivity contribution in [1.82, 2.24) is 4.90 Å². The molecular formula is C13H21N3O2. The fourth-order valence-electron chi connectivity index (χ4n) is 1.62. The van der Waals surface area contributed by atoms with Gasteiger partial charge in [0.2, 0.25) is 0 Å². The van der Waals surface area contributed by atoms with E-state index in [4.69, 9.17) is 10.8 Å². The van der Waals surface area contributed by atoms with E-state index in [1.54, 1.807) is 12.1 Å². The highest BCUT2D eigenvalue weighted by molar-refractivity contribution is 5.90. The number of carboxylic acid groups (broad SMARTS) is 1. The second-order valence-corrected chi connectivity index (χ2v) is 4.54. The second-order valence-electron chi connectivity index (χ2n) is 4.54. The summed E-state index contributed by atoms with van der Waals surface area (Å²) < 4.78 is 0. The fraction of sp³-hybridized carbons (Fsp3) is 0.462. The molecule has 0 aliphatic carbocycles. The van der Waals surface area contributed by atoms with Gasteiger partial charge in [0.1, 0.15) is 0 Å². The molecule has 0 saturated carbocycles. The van der Waals surface area contributed by atoms with Gasteiger partial charge in [-0.2, -0.15) is 0 Å². The summed E-state index contributed by atoms with van der Waals surface area (Å²) in [6.45, 7) is 1.84. The van der Waals surface area contributed by atoms with E-state index in [-0.39, 0.29) is 5.56 Å². The monoisotopic (exact) mass is 251 g/mol. The number of aromatic carboxylic acids is 1. The van der Waals surface area contributed by atoms with Crippen LogP contribution in [0.3, 0.4) is 0 Å². The molecule has 0 atom stereocenters. The molecule has 0 saturated heterocycles. The number of carboxylic acids is 1. The molecule has 1 aromatic carbocycles. The van der Waals surface area contributed by atoms with Gasteiger partial charge in [0.25, 0.3) is 0 Å². The lowest BCUT2D eigenvalue weighted by atomic mass is 10.1. The summed E-state index contributed by atoms with van der Waals surface area (Å²) in [6.07, 6.45) is 2.12. The minimum absolute atomic E-state index is 0.250. The van der Waals surface area contributed by atoms with Crippen molar-refractivity contribution in [2.75, 3.05) is 38.2 Å². The topological polar surface area (TPSA) is 78.6 Å². The van der Waals surface area contributed by atoms with Crippen LogP contribution in [-0.2, 0) is 0 Å². The molecule has 0 radical (unpaired) electrons. The van der Waals surface area contributed by atoms with E-state index < -0.39 is 5.97 Å². The molecular weight excluding hydrogens is 230 g/mol. The number of rotatable bonds is 7. The Morgan fingerprint density at radius 2 is 2.11 bits per heavy atom. The third kappa shape index (κ3) is 4.63. The zero-order valence-corrected chi connectivity index (χ0v) is 10.9. The molecule has 0 spiro atoms. The van der Waals surface area contributed by atoms with Gasteiger partial charge in [0.15, 0.2) is 0 Å². The molecule has 0 fully saturated rings. The molecule has 4 N–H and O–H groups in total. The maximum absolute atomic E-state index is 10.8. The maximum Gasteiger partial charge on any atom is 0.335 e. The van der Waals surface area contributed by atoms with Gasteiger partial charge in [-0.05, 0) is 51.7 Å². The molecule has 5 nitrogen and oxygen atoms in total. The first-order valence-corrected chi connectivity index (χ1v) is 6.02. The summed E-state index contributed by atoms with van der Waals surface area (Å²) in [5.41, 5.74) is 7.31. The average molecular weight is 251 g/mol. The molecule has 0 aromatic heterocycles. The van der Waals surface area contributed by atoms with E-state index >= 15 is 0 Å². The zero-order chi connectivity index (χ0) is 13.5. The van der Waals surface area contributed by atoms with Crippen LogP contribution in [-0.4, -0.2) is 43.2 Å². The molecule has 0 amide bonds. The Morgan fingerprint density at radius 1 is 1.39 bits per heavy atom. The number of nitrogen functional groups attached to an aromatic ring is 1. The van der Waals surface area contributed by atoms with Crippen molar-refractivity contribution in [3.63, 3.8) is 0 Å². The largest absolute Gasteiger partial charge is 0.478 e.